The molecule has 0 aromatic heterocycles. The second kappa shape index (κ2) is 8.63. The van der Waals surface area contributed by atoms with Gasteiger partial charge in [-0.1, -0.05) is 30.3 Å². The van der Waals surface area contributed by atoms with Gasteiger partial charge in [0, 0.05) is 13.0 Å². The number of aryl methyl sites for hydroxylation is 1. The molecule has 124 valence electrons. The minimum absolute atomic E-state index is 0.0151. The van der Waals surface area contributed by atoms with E-state index in [0.29, 0.717) is 19.4 Å². The molecule has 0 amide bonds. The van der Waals surface area contributed by atoms with Crippen LogP contribution in [-0.2, 0) is 11.2 Å². The van der Waals surface area contributed by atoms with Crippen LogP contribution in [0.3, 0.4) is 0 Å². The van der Waals surface area contributed by atoms with E-state index in [2.05, 4.69) is 12.1 Å². The van der Waals surface area contributed by atoms with Gasteiger partial charge < -0.3 is 20.1 Å². The van der Waals surface area contributed by atoms with E-state index in [1.807, 2.05) is 18.2 Å². The average Bonchev–Trinajstić information content (AvgIpc) is 2.78. The van der Waals surface area contributed by atoms with Crippen LogP contribution in [0.1, 0.15) is 31.2 Å². The summed E-state index contributed by atoms with van der Waals surface area (Å²) in [5.41, 5.74) is 1.23. The first kappa shape index (κ1) is 17.4. The molecule has 1 unspecified atom stereocenters. The van der Waals surface area contributed by atoms with E-state index in [1.54, 1.807) is 7.11 Å². The molecular formula is C18H28O4. The SMILES string of the molecule is COC[C@@H]1C(CC[C@@H](O)CCc2ccccc2)[C@H](O)C[C@@H]1O. The molecule has 5 atom stereocenters. The van der Waals surface area contributed by atoms with Gasteiger partial charge in [-0.3, -0.25) is 0 Å². The summed E-state index contributed by atoms with van der Waals surface area (Å²) in [4.78, 5) is 0. The fraction of sp³-hybridized carbons (Fsp3) is 0.667. The lowest BCUT2D eigenvalue weighted by Gasteiger charge is -2.23. The average molecular weight is 308 g/mol. The van der Waals surface area contributed by atoms with Crippen molar-refractivity contribution in [2.75, 3.05) is 13.7 Å². The number of rotatable bonds is 8. The summed E-state index contributed by atoms with van der Waals surface area (Å²) in [5, 5.41) is 30.2. The maximum atomic E-state index is 10.2. The Bertz CT molecular complexity index is 422. The molecule has 0 heterocycles. The Kier molecular flexibility index (Phi) is 6.83. The Hall–Kier alpha value is -0.940. The van der Waals surface area contributed by atoms with Gasteiger partial charge in [-0.25, -0.2) is 0 Å². The number of hydrogen-bond donors (Lipinski definition) is 3. The molecule has 1 aromatic rings. The first-order valence-electron chi connectivity index (χ1n) is 8.19. The molecule has 4 heteroatoms. The molecule has 2 rings (SSSR count). The van der Waals surface area contributed by atoms with Gasteiger partial charge in [0.2, 0.25) is 0 Å². The summed E-state index contributed by atoms with van der Waals surface area (Å²) in [6.07, 6.45) is 2.03. The Morgan fingerprint density at radius 3 is 2.45 bits per heavy atom. The third-order valence-corrected chi connectivity index (χ3v) is 4.82. The van der Waals surface area contributed by atoms with Crippen LogP contribution in [0, 0.1) is 11.8 Å². The summed E-state index contributed by atoms with van der Waals surface area (Å²) in [5.74, 6) is -0.0114. The Morgan fingerprint density at radius 1 is 1.09 bits per heavy atom. The molecule has 0 bridgehead atoms. The summed E-state index contributed by atoms with van der Waals surface area (Å²) in [6.45, 7) is 0.461. The van der Waals surface area contributed by atoms with Crippen molar-refractivity contribution in [1.82, 2.24) is 0 Å². The highest BCUT2D eigenvalue weighted by Crippen LogP contribution is 2.36. The minimum atomic E-state index is -0.499. The number of hydrogen-bond acceptors (Lipinski definition) is 4. The van der Waals surface area contributed by atoms with Gasteiger partial charge in [-0.2, -0.15) is 0 Å². The molecule has 1 fully saturated rings. The van der Waals surface area contributed by atoms with Crippen LogP contribution in [0.5, 0.6) is 0 Å². The maximum Gasteiger partial charge on any atom is 0.0618 e. The van der Waals surface area contributed by atoms with E-state index in [-0.39, 0.29) is 17.9 Å². The second-order valence-corrected chi connectivity index (χ2v) is 6.41. The number of benzene rings is 1. The summed E-state index contributed by atoms with van der Waals surface area (Å²) >= 11 is 0. The van der Waals surface area contributed by atoms with Crippen molar-refractivity contribution >= 4 is 0 Å². The van der Waals surface area contributed by atoms with Gasteiger partial charge in [0.1, 0.15) is 0 Å². The molecule has 4 nitrogen and oxygen atoms in total. The zero-order chi connectivity index (χ0) is 15.9. The predicted molar refractivity (Wildman–Crippen MR) is 85.5 cm³/mol. The lowest BCUT2D eigenvalue weighted by Crippen LogP contribution is -2.27. The molecule has 1 aliphatic carbocycles. The molecule has 3 N–H and O–H groups in total. The molecule has 0 spiro atoms. The zero-order valence-corrected chi connectivity index (χ0v) is 13.3. The van der Waals surface area contributed by atoms with Crippen molar-refractivity contribution in [2.45, 2.75) is 50.4 Å². The third-order valence-electron chi connectivity index (χ3n) is 4.82. The molecule has 0 aliphatic heterocycles. The number of aliphatic hydroxyl groups excluding tert-OH is 3. The maximum absolute atomic E-state index is 10.2. The largest absolute Gasteiger partial charge is 0.393 e. The summed E-state index contributed by atoms with van der Waals surface area (Å²) in [7, 11) is 1.61. The first-order chi connectivity index (χ1) is 10.6. The van der Waals surface area contributed by atoms with E-state index in [1.165, 1.54) is 5.56 Å². The second-order valence-electron chi connectivity index (χ2n) is 6.41. The smallest absolute Gasteiger partial charge is 0.0618 e. The molecule has 1 aromatic carbocycles. The molecule has 1 saturated carbocycles. The van der Waals surface area contributed by atoms with Crippen molar-refractivity contribution < 1.29 is 20.1 Å². The highest BCUT2D eigenvalue weighted by atomic mass is 16.5. The van der Waals surface area contributed by atoms with Crippen LogP contribution in [0.4, 0.5) is 0 Å². The van der Waals surface area contributed by atoms with Gasteiger partial charge >= 0.3 is 0 Å². The van der Waals surface area contributed by atoms with Crippen molar-refractivity contribution in [3.05, 3.63) is 35.9 Å². The third kappa shape index (κ3) is 4.78. The molecule has 0 radical (unpaired) electrons. The van der Waals surface area contributed by atoms with Crippen molar-refractivity contribution in [3.8, 4) is 0 Å². The standard InChI is InChI=1S/C18H28O4/c1-22-12-16-15(17(20)11-18(16)21)10-9-14(19)8-7-13-5-3-2-4-6-13/h2-6,14-21H,7-12H2,1H3/t14-,15?,16+,17+,18-/m0/s1. The highest BCUT2D eigenvalue weighted by Gasteiger charge is 2.41. The minimum Gasteiger partial charge on any atom is -0.393 e. The lowest BCUT2D eigenvalue weighted by atomic mass is 9.88. The fourth-order valence-corrected chi connectivity index (χ4v) is 3.51. The van der Waals surface area contributed by atoms with Crippen LogP contribution in [0.15, 0.2) is 30.3 Å². The Morgan fingerprint density at radius 2 is 1.77 bits per heavy atom. The monoisotopic (exact) mass is 308 g/mol. The number of aliphatic hydroxyl groups is 3. The van der Waals surface area contributed by atoms with Crippen molar-refractivity contribution in [3.63, 3.8) is 0 Å². The summed E-state index contributed by atoms with van der Waals surface area (Å²) in [6, 6.07) is 10.1. The lowest BCUT2D eigenvalue weighted by molar-refractivity contribution is 0.0360. The Labute approximate surface area is 132 Å². The van der Waals surface area contributed by atoms with Crippen LogP contribution >= 0.6 is 0 Å². The quantitative estimate of drug-likeness (QED) is 0.684. The van der Waals surface area contributed by atoms with Gasteiger partial charge in [0.05, 0.1) is 24.9 Å². The van der Waals surface area contributed by atoms with Crippen LogP contribution in [0.2, 0.25) is 0 Å². The van der Waals surface area contributed by atoms with E-state index in [9.17, 15) is 15.3 Å². The normalized spacial score (nSPS) is 29.6. The predicted octanol–water partition coefficient (Wildman–Crippen LogP) is 1.76. The van der Waals surface area contributed by atoms with Gasteiger partial charge in [-0.15, -0.1) is 0 Å². The van der Waals surface area contributed by atoms with E-state index < -0.39 is 12.2 Å². The van der Waals surface area contributed by atoms with Gasteiger partial charge in [0.15, 0.2) is 0 Å². The molecule has 1 aliphatic rings. The van der Waals surface area contributed by atoms with Crippen LogP contribution in [0.25, 0.3) is 0 Å². The highest BCUT2D eigenvalue weighted by molar-refractivity contribution is 5.14. The van der Waals surface area contributed by atoms with Crippen LogP contribution in [-0.4, -0.2) is 47.3 Å². The van der Waals surface area contributed by atoms with E-state index >= 15 is 0 Å². The molecule has 22 heavy (non-hydrogen) atoms. The van der Waals surface area contributed by atoms with Crippen LogP contribution < -0.4 is 0 Å². The number of methoxy groups -OCH3 is 1. The van der Waals surface area contributed by atoms with Crippen molar-refractivity contribution in [1.29, 1.82) is 0 Å². The van der Waals surface area contributed by atoms with E-state index in [0.717, 1.165) is 19.3 Å². The summed E-state index contributed by atoms with van der Waals surface area (Å²) < 4.78 is 5.15. The Balaban J connectivity index is 1.76. The van der Waals surface area contributed by atoms with Gasteiger partial charge in [-0.05, 0) is 43.6 Å². The topological polar surface area (TPSA) is 69.9 Å². The fourth-order valence-electron chi connectivity index (χ4n) is 3.51. The van der Waals surface area contributed by atoms with E-state index in [4.69, 9.17) is 4.74 Å². The van der Waals surface area contributed by atoms with Gasteiger partial charge in [0.25, 0.3) is 0 Å². The first-order valence-corrected chi connectivity index (χ1v) is 8.19. The molecular weight excluding hydrogens is 280 g/mol. The zero-order valence-electron chi connectivity index (χ0n) is 13.3. The number of ether oxygens (including phenoxy) is 1. The van der Waals surface area contributed by atoms with Crippen molar-refractivity contribution in [2.24, 2.45) is 11.8 Å². The molecule has 0 saturated heterocycles.